The van der Waals surface area contributed by atoms with E-state index < -0.39 is 11.9 Å². The fraction of sp³-hybridized carbons (Fsp3) is 0.462. The molecule has 0 aliphatic carbocycles. The molecule has 104 valence electrons. The monoisotopic (exact) mass is 267 g/mol. The van der Waals surface area contributed by atoms with Gasteiger partial charge in [-0.3, -0.25) is 9.59 Å². The predicted molar refractivity (Wildman–Crippen MR) is 69.0 cm³/mol. The molecule has 0 radical (unpaired) electrons. The molecule has 0 saturated carbocycles. The van der Waals surface area contributed by atoms with Gasteiger partial charge in [-0.05, 0) is 25.5 Å². The first-order chi connectivity index (χ1) is 9.02. The molecule has 1 rings (SSSR count). The molecule has 1 aromatic rings. The predicted octanol–water partition coefficient (Wildman–Crippen LogP) is 1.26. The second-order valence-corrected chi connectivity index (χ2v) is 4.23. The number of pyridine rings is 1. The van der Waals surface area contributed by atoms with E-state index in [-0.39, 0.29) is 30.6 Å². The van der Waals surface area contributed by atoms with Crippen LogP contribution in [0.1, 0.15) is 37.2 Å². The van der Waals surface area contributed by atoms with Gasteiger partial charge in [-0.2, -0.15) is 4.39 Å². The van der Waals surface area contributed by atoms with Crippen molar-refractivity contribution in [3.8, 4) is 0 Å². The minimum Gasteiger partial charge on any atom is -0.354 e. The van der Waals surface area contributed by atoms with E-state index in [1.807, 2.05) is 13.8 Å². The van der Waals surface area contributed by atoms with Crippen molar-refractivity contribution in [1.82, 2.24) is 15.6 Å². The molecule has 1 unspecified atom stereocenters. The number of nitrogens with one attached hydrogen (secondary N) is 2. The number of hydrogen-bond acceptors (Lipinski definition) is 3. The molecular formula is C13H18FN3O2. The maximum atomic E-state index is 12.8. The molecule has 0 saturated heterocycles. The molecule has 2 amide bonds. The van der Waals surface area contributed by atoms with E-state index in [1.165, 1.54) is 12.1 Å². The molecule has 0 aliphatic heterocycles. The molecule has 1 aromatic heterocycles. The van der Waals surface area contributed by atoms with Crippen molar-refractivity contribution in [2.75, 3.05) is 6.54 Å². The molecule has 0 aliphatic rings. The topological polar surface area (TPSA) is 71.1 Å². The Balaban J connectivity index is 2.33. The van der Waals surface area contributed by atoms with E-state index in [1.54, 1.807) is 0 Å². The van der Waals surface area contributed by atoms with E-state index in [0.717, 1.165) is 12.5 Å². The van der Waals surface area contributed by atoms with Crippen LogP contribution in [-0.2, 0) is 4.79 Å². The highest BCUT2D eigenvalue weighted by molar-refractivity contribution is 5.92. The first-order valence-electron chi connectivity index (χ1n) is 6.23. The highest BCUT2D eigenvalue weighted by atomic mass is 19.1. The van der Waals surface area contributed by atoms with Crippen LogP contribution in [-0.4, -0.2) is 29.4 Å². The van der Waals surface area contributed by atoms with Gasteiger partial charge in [-0.1, -0.05) is 13.0 Å². The molecule has 6 heteroatoms. The molecule has 0 aromatic carbocycles. The van der Waals surface area contributed by atoms with Crippen molar-refractivity contribution in [3.63, 3.8) is 0 Å². The van der Waals surface area contributed by atoms with E-state index in [0.29, 0.717) is 0 Å². The number of amides is 2. The van der Waals surface area contributed by atoms with Crippen LogP contribution >= 0.6 is 0 Å². The Kier molecular flexibility index (Phi) is 5.92. The average Bonchev–Trinajstić information content (AvgIpc) is 2.38. The maximum Gasteiger partial charge on any atom is 0.270 e. The number of hydrogen-bond donors (Lipinski definition) is 2. The van der Waals surface area contributed by atoms with Crippen LogP contribution in [0, 0.1) is 5.95 Å². The standard InChI is InChI=1S/C13H18FN3O2/c1-3-9(2)16-12(18)7-8-15-13(19)10-5-4-6-11(14)17-10/h4-6,9H,3,7-8H2,1-2H3,(H,15,19)(H,16,18). The number of carbonyl (C=O) groups is 2. The van der Waals surface area contributed by atoms with Crippen LogP contribution in [0.5, 0.6) is 0 Å². The molecule has 1 heterocycles. The summed E-state index contributed by atoms with van der Waals surface area (Å²) in [6.45, 7) is 4.08. The Morgan fingerprint density at radius 1 is 1.42 bits per heavy atom. The molecule has 2 N–H and O–H groups in total. The quantitative estimate of drug-likeness (QED) is 0.762. The van der Waals surface area contributed by atoms with E-state index in [2.05, 4.69) is 15.6 Å². The smallest absolute Gasteiger partial charge is 0.270 e. The second kappa shape index (κ2) is 7.45. The third kappa shape index (κ3) is 5.46. The van der Waals surface area contributed by atoms with Crippen molar-refractivity contribution in [3.05, 3.63) is 29.8 Å². The number of aromatic nitrogens is 1. The Labute approximate surface area is 111 Å². The zero-order valence-electron chi connectivity index (χ0n) is 11.1. The van der Waals surface area contributed by atoms with Gasteiger partial charge >= 0.3 is 0 Å². The summed E-state index contributed by atoms with van der Waals surface area (Å²) in [7, 11) is 0. The van der Waals surface area contributed by atoms with Gasteiger partial charge in [0.15, 0.2) is 0 Å². The van der Waals surface area contributed by atoms with Crippen molar-refractivity contribution in [2.45, 2.75) is 32.7 Å². The molecule has 0 spiro atoms. The summed E-state index contributed by atoms with van der Waals surface area (Å²) >= 11 is 0. The summed E-state index contributed by atoms with van der Waals surface area (Å²) in [6, 6.07) is 4.11. The number of nitrogens with zero attached hydrogens (tertiary/aromatic N) is 1. The third-order valence-electron chi connectivity index (χ3n) is 2.61. The van der Waals surface area contributed by atoms with Gasteiger partial charge < -0.3 is 10.6 Å². The SMILES string of the molecule is CCC(C)NC(=O)CCNC(=O)c1cccc(F)n1. The first kappa shape index (κ1) is 15.1. The minimum atomic E-state index is -0.706. The van der Waals surface area contributed by atoms with Crippen LogP contribution in [0.25, 0.3) is 0 Å². The van der Waals surface area contributed by atoms with Crippen LogP contribution in [0.3, 0.4) is 0 Å². The Bertz CT molecular complexity index is 451. The van der Waals surface area contributed by atoms with Crippen LogP contribution < -0.4 is 10.6 Å². The van der Waals surface area contributed by atoms with Gasteiger partial charge in [-0.25, -0.2) is 4.98 Å². The summed E-state index contributed by atoms with van der Waals surface area (Å²) in [6.07, 6.45) is 1.04. The molecule has 5 nitrogen and oxygen atoms in total. The van der Waals surface area contributed by atoms with Crippen LogP contribution in [0.2, 0.25) is 0 Å². The number of rotatable bonds is 6. The second-order valence-electron chi connectivity index (χ2n) is 4.23. The molecule has 19 heavy (non-hydrogen) atoms. The van der Waals surface area contributed by atoms with Crippen LogP contribution in [0.4, 0.5) is 4.39 Å². The lowest BCUT2D eigenvalue weighted by molar-refractivity contribution is -0.121. The van der Waals surface area contributed by atoms with Crippen molar-refractivity contribution >= 4 is 11.8 Å². The summed E-state index contributed by atoms with van der Waals surface area (Å²) < 4.78 is 12.8. The third-order valence-corrected chi connectivity index (χ3v) is 2.61. The maximum absolute atomic E-state index is 12.8. The lowest BCUT2D eigenvalue weighted by Gasteiger charge is -2.11. The fourth-order valence-electron chi connectivity index (χ4n) is 1.36. The van der Waals surface area contributed by atoms with Gasteiger partial charge in [-0.15, -0.1) is 0 Å². The summed E-state index contributed by atoms with van der Waals surface area (Å²) in [5.74, 6) is -1.32. The summed E-state index contributed by atoms with van der Waals surface area (Å²) in [4.78, 5) is 26.5. The first-order valence-corrected chi connectivity index (χ1v) is 6.23. The Morgan fingerprint density at radius 3 is 2.79 bits per heavy atom. The molecule has 1 atom stereocenters. The van der Waals surface area contributed by atoms with Gasteiger partial charge in [0.25, 0.3) is 5.91 Å². The lowest BCUT2D eigenvalue weighted by atomic mass is 10.2. The number of halogens is 1. The summed E-state index contributed by atoms with van der Waals surface area (Å²) in [5.41, 5.74) is 0.00216. The minimum absolute atomic E-state index is 0.00216. The highest BCUT2D eigenvalue weighted by Crippen LogP contribution is 1.97. The van der Waals surface area contributed by atoms with Crippen molar-refractivity contribution < 1.29 is 14.0 Å². The van der Waals surface area contributed by atoms with Crippen LogP contribution in [0.15, 0.2) is 18.2 Å². The zero-order valence-corrected chi connectivity index (χ0v) is 11.1. The molecule has 0 bridgehead atoms. The zero-order chi connectivity index (χ0) is 14.3. The van der Waals surface area contributed by atoms with Gasteiger partial charge in [0.2, 0.25) is 11.9 Å². The number of carbonyl (C=O) groups excluding carboxylic acids is 2. The lowest BCUT2D eigenvalue weighted by Crippen LogP contribution is -2.35. The molecule has 0 fully saturated rings. The van der Waals surface area contributed by atoms with Crippen molar-refractivity contribution in [2.24, 2.45) is 0 Å². The van der Waals surface area contributed by atoms with Gasteiger partial charge in [0, 0.05) is 19.0 Å². The normalized spacial score (nSPS) is 11.7. The Hall–Kier alpha value is -1.98. The van der Waals surface area contributed by atoms with Crippen molar-refractivity contribution in [1.29, 1.82) is 0 Å². The summed E-state index contributed by atoms with van der Waals surface area (Å²) in [5, 5.41) is 5.31. The Morgan fingerprint density at radius 2 is 2.16 bits per heavy atom. The van der Waals surface area contributed by atoms with E-state index >= 15 is 0 Å². The fourth-order valence-corrected chi connectivity index (χ4v) is 1.36. The average molecular weight is 267 g/mol. The largest absolute Gasteiger partial charge is 0.354 e. The molecular weight excluding hydrogens is 249 g/mol. The highest BCUT2D eigenvalue weighted by Gasteiger charge is 2.09. The van der Waals surface area contributed by atoms with E-state index in [4.69, 9.17) is 0 Å². The van der Waals surface area contributed by atoms with Gasteiger partial charge in [0.1, 0.15) is 5.69 Å². The van der Waals surface area contributed by atoms with Gasteiger partial charge in [0.05, 0.1) is 0 Å². The van der Waals surface area contributed by atoms with E-state index in [9.17, 15) is 14.0 Å².